The maximum Gasteiger partial charge on any atom is 0.269 e. The highest BCUT2D eigenvalue weighted by atomic mass is 16.5. The number of amides is 1. The van der Waals surface area contributed by atoms with E-state index in [4.69, 9.17) is 9.72 Å². The summed E-state index contributed by atoms with van der Waals surface area (Å²) in [5.41, 5.74) is 2.48. The summed E-state index contributed by atoms with van der Waals surface area (Å²) in [6, 6.07) is 27.8. The van der Waals surface area contributed by atoms with Crippen molar-refractivity contribution in [1.29, 1.82) is 0 Å². The first-order chi connectivity index (χ1) is 16.8. The molecule has 5 aromatic rings. The molecule has 0 spiro atoms. The summed E-state index contributed by atoms with van der Waals surface area (Å²) in [5.74, 6) is 1.69. The number of para-hydroxylation sites is 2. The van der Waals surface area contributed by atoms with Gasteiger partial charge in [0, 0.05) is 31.1 Å². The van der Waals surface area contributed by atoms with Crippen LogP contribution in [0.25, 0.3) is 21.8 Å². The van der Waals surface area contributed by atoms with Gasteiger partial charge in [0.25, 0.3) is 5.91 Å². The number of aryl methyl sites for hydroxylation is 1. The monoisotopic (exact) mass is 450 g/mol. The number of nitrogens with zero attached hydrogens (tertiary/aromatic N) is 3. The van der Waals surface area contributed by atoms with Crippen molar-refractivity contribution in [2.24, 2.45) is 0 Å². The Labute approximate surface area is 198 Å². The minimum atomic E-state index is -0.174. The molecule has 0 fully saturated rings. The van der Waals surface area contributed by atoms with E-state index in [-0.39, 0.29) is 5.91 Å². The smallest absolute Gasteiger partial charge is 0.269 e. The summed E-state index contributed by atoms with van der Waals surface area (Å²) >= 11 is 0. The van der Waals surface area contributed by atoms with Gasteiger partial charge in [-0.05, 0) is 42.1 Å². The normalized spacial score (nSPS) is 11.1. The minimum Gasteiger partial charge on any atom is -0.493 e. The Bertz CT molecular complexity index is 1410. The average Bonchev–Trinajstić information content (AvgIpc) is 3.24. The van der Waals surface area contributed by atoms with Crippen molar-refractivity contribution >= 4 is 27.7 Å². The molecule has 2 aromatic heterocycles. The fourth-order valence-electron chi connectivity index (χ4n) is 4.17. The van der Waals surface area contributed by atoms with Gasteiger partial charge in [0.05, 0.1) is 17.6 Å². The van der Waals surface area contributed by atoms with Gasteiger partial charge in [0.2, 0.25) is 0 Å². The van der Waals surface area contributed by atoms with Gasteiger partial charge in [-0.25, -0.2) is 4.98 Å². The molecule has 0 aliphatic heterocycles. The van der Waals surface area contributed by atoms with E-state index in [9.17, 15) is 4.79 Å². The summed E-state index contributed by atoms with van der Waals surface area (Å²) in [4.78, 5) is 21.2. The first-order valence-corrected chi connectivity index (χ1v) is 11.5. The van der Waals surface area contributed by atoms with Crippen molar-refractivity contribution in [3.05, 3.63) is 103 Å². The molecule has 1 amide bonds. The Balaban J connectivity index is 1.23. The first-order valence-electron chi connectivity index (χ1n) is 11.5. The molecule has 6 heteroatoms. The third kappa shape index (κ3) is 4.76. The zero-order valence-corrected chi connectivity index (χ0v) is 18.9. The van der Waals surface area contributed by atoms with Crippen LogP contribution in [0.2, 0.25) is 0 Å². The van der Waals surface area contributed by atoms with E-state index in [1.165, 1.54) is 5.39 Å². The average molecular weight is 451 g/mol. The second-order valence-corrected chi connectivity index (χ2v) is 8.07. The van der Waals surface area contributed by atoms with Crippen molar-refractivity contribution in [1.82, 2.24) is 19.9 Å². The van der Waals surface area contributed by atoms with Crippen molar-refractivity contribution in [3.8, 4) is 5.75 Å². The van der Waals surface area contributed by atoms with Crippen LogP contribution in [0.5, 0.6) is 5.75 Å². The third-order valence-electron chi connectivity index (χ3n) is 5.80. The number of nitrogens with one attached hydrogen (secondary N) is 1. The number of aromatic nitrogens is 3. The Morgan fingerprint density at radius 1 is 0.912 bits per heavy atom. The highest BCUT2D eigenvalue weighted by Gasteiger charge is 2.12. The number of carbonyl (C=O) groups excluding carboxylic acids is 1. The van der Waals surface area contributed by atoms with Crippen LogP contribution in [0, 0.1) is 0 Å². The van der Waals surface area contributed by atoms with Crippen LogP contribution in [0.3, 0.4) is 0 Å². The van der Waals surface area contributed by atoms with E-state index in [1.54, 1.807) is 18.3 Å². The van der Waals surface area contributed by atoms with Gasteiger partial charge >= 0.3 is 0 Å². The van der Waals surface area contributed by atoms with Gasteiger partial charge in [0.15, 0.2) is 0 Å². The molecule has 3 aromatic carbocycles. The van der Waals surface area contributed by atoms with E-state index in [0.29, 0.717) is 25.3 Å². The summed E-state index contributed by atoms with van der Waals surface area (Å²) in [7, 11) is 0. The van der Waals surface area contributed by atoms with Gasteiger partial charge in [0.1, 0.15) is 17.3 Å². The molecule has 0 aliphatic carbocycles. The molecule has 2 heterocycles. The lowest BCUT2D eigenvalue weighted by atomic mass is 10.1. The third-order valence-corrected chi connectivity index (χ3v) is 5.80. The van der Waals surface area contributed by atoms with E-state index in [2.05, 4.69) is 39.1 Å². The summed E-state index contributed by atoms with van der Waals surface area (Å²) in [6.07, 6.45) is 3.10. The van der Waals surface area contributed by atoms with Crippen LogP contribution in [-0.4, -0.2) is 33.6 Å². The molecule has 0 atom stereocenters. The fraction of sp³-hybridized carbons (Fsp3) is 0.179. The van der Waals surface area contributed by atoms with Crippen molar-refractivity contribution in [2.75, 3.05) is 13.2 Å². The van der Waals surface area contributed by atoms with Crippen LogP contribution in [-0.2, 0) is 13.0 Å². The SMILES string of the molecule is O=C(NCCc1nc2ccccc2n1CCCOc1cccc2ccccc12)c1ccccn1. The van der Waals surface area contributed by atoms with Gasteiger partial charge in [-0.2, -0.15) is 0 Å². The zero-order chi connectivity index (χ0) is 23.2. The van der Waals surface area contributed by atoms with E-state index < -0.39 is 0 Å². The number of hydrogen-bond acceptors (Lipinski definition) is 4. The topological polar surface area (TPSA) is 69.0 Å². The van der Waals surface area contributed by atoms with Crippen LogP contribution < -0.4 is 10.1 Å². The molecular formula is C28H26N4O2. The van der Waals surface area contributed by atoms with Crippen molar-refractivity contribution in [2.45, 2.75) is 19.4 Å². The first kappa shape index (κ1) is 21.6. The number of hydrogen-bond donors (Lipinski definition) is 1. The Morgan fingerprint density at radius 3 is 2.65 bits per heavy atom. The quantitative estimate of drug-likeness (QED) is 0.320. The van der Waals surface area contributed by atoms with Gasteiger partial charge in [-0.15, -0.1) is 0 Å². The summed E-state index contributed by atoms with van der Waals surface area (Å²) < 4.78 is 8.36. The molecule has 0 unspecified atom stereocenters. The van der Waals surface area contributed by atoms with Gasteiger partial charge in [-0.3, -0.25) is 9.78 Å². The minimum absolute atomic E-state index is 0.174. The van der Waals surface area contributed by atoms with E-state index in [1.807, 2.05) is 48.5 Å². The lowest BCUT2D eigenvalue weighted by molar-refractivity contribution is 0.0949. The highest BCUT2D eigenvalue weighted by molar-refractivity contribution is 5.92. The molecule has 6 nitrogen and oxygen atoms in total. The molecule has 0 aliphatic rings. The fourth-order valence-corrected chi connectivity index (χ4v) is 4.17. The van der Waals surface area contributed by atoms with Crippen LogP contribution in [0.4, 0.5) is 0 Å². The number of pyridine rings is 1. The number of fused-ring (bicyclic) bond motifs is 2. The molecule has 5 rings (SSSR count). The Hall–Kier alpha value is -4.19. The van der Waals surface area contributed by atoms with Crippen LogP contribution >= 0.6 is 0 Å². The second-order valence-electron chi connectivity index (χ2n) is 8.07. The molecule has 0 radical (unpaired) electrons. The number of benzene rings is 3. The lowest BCUT2D eigenvalue weighted by Gasteiger charge is -2.12. The zero-order valence-electron chi connectivity index (χ0n) is 18.9. The molecule has 0 saturated carbocycles. The molecule has 1 N–H and O–H groups in total. The Kier molecular flexibility index (Phi) is 6.47. The van der Waals surface area contributed by atoms with Crippen molar-refractivity contribution < 1.29 is 9.53 Å². The Morgan fingerprint density at radius 2 is 1.74 bits per heavy atom. The molecular weight excluding hydrogens is 424 g/mol. The second kappa shape index (κ2) is 10.2. The molecule has 170 valence electrons. The van der Waals surface area contributed by atoms with Crippen molar-refractivity contribution in [3.63, 3.8) is 0 Å². The molecule has 0 saturated heterocycles. The maximum absolute atomic E-state index is 12.3. The molecule has 34 heavy (non-hydrogen) atoms. The number of imidazole rings is 1. The predicted octanol–water partition coefficient (Wildman–Crippen LogP) is 5.03. The number of ether oxygens (including phenoxy) is 1. The van der Waals surface area contributed by atoms with Crippen LogP contribution in [0.15, 0.2) is 91.1 Å². The van der Waals surface area contributed by atoms with Gasteiger partial charge < -0.3 is 14.6 Å². The largest absolute Gasteiger partial charge is 0.493 e. The predicted molar refractivity (Wildman–Crippen MR) is 134 cm³/mol. The lowest BCUT2D eigenvalue weighted by Crippen LogP contribution is -2.27. The number of rotatable bonds is 9. The van der Waals surface area contributed by atoms with E-state index >= 15 is 0 Å². The standard InChI is InChI=1S/C28H26N4O2/c33-28(24-13-5-6-17-29-24)30-18-16-27-31-23-12-3-4-14-25(23)32(27)19-8-20-34-26-15-7-10-21-9-1-2-11-22(21)26/h1-7,9-15,17H,8,16,18-20H2,(H,30,33). The van der Waals surface area contributed by atoms with Crippen LogP contribution in [0.1, 0.15) is 22.7 Å². The highest BCUT2D eigenvalue weighted by Crippen LogP contribution is 2.25. The van der Waals surface area contributed by atoms with Gasteiger partial charge in [-0.1, -0.05) is 54.6 Å². The molecule has 0 bridgehead atoms. The number of carbonyl (C=O) groups is 1. The maximum atomic E-state index is 12.3. The van der Waals surface area contributed by atoms with E-state index in [0.717, 1.165) is 41.0 Å². The summed E-state index contributed by atoms with van der Waals surface area (Å²) in [5, 5.41) is 5.25. The summed E-state index contributed by atoms with van der Waals surface area (Å²) in [6.45, 7) is 1.89.